The average molecular weight is 519 g/mol. The molecule has 0 saturated carbocycles. The van der Waals surface area contributed by atoms with Gasteiger partial charge in [0.2, 0.25) is 5.91 Å². The zero-order valence-electron chi connectivity index (χ0n) is 22.6. The van der Waals surface area contributed by atoms with Crippen LogP contribution in [0.4, 0.5) is 0 Å². The highest BCUT2D eigenvalue weighted by Gasteiger charge is 2.35. The summed E-state index contributed by atoms with van der Waals surface area (Å²) in [5.74, 6) is 1.96. The fraction of sp³-hybridized carbons (Fsp3) is 0.500. The van der Waals surface area contributed by atoms with Crippen molar-refractivity contribution in [3.8, 4) is 11.5 Å². The maximum atomic E-state index is 13.3. The van der Waals surface area contributed by atoms with Gasteiger partial charge >= 0.3 is 0 Å². The number of nitrogens with two attached hydrogens (primary N) is 1. The van der Waals surface area contributed by atoms with Crippen LogP contribution >= 0.6 is 0 Å². The summed E-state index contributed by atoms with van der Waals surface area (Å²) in [7, 11) is 1.66. The Morgan fingerprint density at radius 3 is 2.82 bits per heavy atom. The third-order valence-corrected chi connectivity index (χ3v) is 7.70. The maximum absolute atomic E-state index is 13.3. The van der Waals surface area contributed by atoms with E-state index in [4.69, 9.17) is 15.2 Å². The number of unbranched alkanes of at least 4 members (excludes halogenated alkanes) is 1. The van der Waals surface area contributed by atoms with Crippen molar-refractivity contribution in [1.82, 2.24) is 10.2 Å². The van der Waals surface area contributed by atoms with Crippen LogP contribution in [0, 0.1) is 0 Å². The Hall–Kier alpha value is -3.55. The number of nitrogens with zero attached hydrogens (tertiary/aromatic N) is 2. The average Bonchev–Trinajstić information content (AvgIpc) is 2.89. The van der Waals surface area contributed by atoms with Crippen molar-refractivity contribution in [2.45, 2.75) is 82.9 Å². The van der Waals surface area contributed by atoms with Crippen molar-refractivity contribution in [1.29, 1.82) is 0 Å². The minimum absolute atomic E-state index is 0.0249. The van der Waals surface area contributed by atoms with E-state index in [1.165, 1.54) is 10.5 Å². The summed E-state index contributed by atoms with van der Waals surface area (Å²) in [4.78, 5) is 31.2. The van der Waals surface area contributed by atoms with E-state index in [1.807, 2.05) is 24.3 Å². The molecule has 0 aromatic heterocycles. The lowest BCUT2D eigenvalue weighted by Gasteiger charge is -2.38. The number of carbonyl (C=O) groups excluding carboxylic acids is 2. The monoisotopic (exact) mass is 518 g/mol. The molecule has 5 rings (SSSR count). The van der Waals surface area contributed by atoms with Crippen molar-refractivity contribution in [2.24, 2.45) is 10.7 Å². The molecule has 38 heavy (non-hydrogen) atoms. The predicted octanol–water partition coefficient (Wildman–Crippen LogP) is 4.30. The number of rotatable bonds is 7. The molecular formula is C30H38N4O4. The fourth-order valence-corrected chi connectivity index (χ4v) is 5.59. The number of aryl methyl sites for hydroxylation is 2. The molecule has 0 fully saturated rings. The lowest BCUT2D eigenvalue weighted by molar-refractivity contribution is -0.127. The molecule has 0 bridgehead atoms. The second-order valence-electron chi connectivity index (χ2n) is 11.3. The van der Waals surface area contributed by atoms with Gasteiger partial charge in [0.25, 0.3) is 5.91 Å². The van der Waals surface area contributed by atoms with Crippen LogP contribution < -0.4 is 20.5 Å². The number of guanidine groups is 1. The molecular weight excluding hydrogens is 480 g/mol. The normalized spacial score (nSPS) is 21.9. The van der Waals surface area contributed by atoms with Crippen LogP contribution in [0.15, 0.2) is 41.4 Å². The summed E-state index contributed by atoms with van der Waals surface area (Å²) in [6, 6.07) is 11.8. The van der Waals surface area contributed by atoms with Crippen LogP contribution in [-0.4, -0.2) is 48.0 Å². The van der Waals surface area contributed by atoms with Crippen LogP contribution in [0.3, 0.4) is 0 Å². The summed E-state index contributed by atoms with van der Waals surface area (Å²) < 4.78 is 12.0. The molecule has 0 radical (unpaired) electrons. The number of hydrogen-bond acceptors (Lipinski definition) is 6. The Morgan fingerprint density at radius 1 is 1.18 bits per heavy atom. The van der Waals surface area contributed by atoms with E-state index in [0.717, 1.165) is 67.8 Å². The summed E-state index contributed by atoms with van der Waals surface area (Å²) in [5.41, 5.74) is 9.46. The number of ether oxygens (including phenoxy) is 2. The van der Waals surface area contributed by atoms with E-state index in [9.17, 15) is 9.59 Å². The molecule has 8 heteroatoms. The maximum Gasteiger partial charge on any atom is 0.251 e. The SMILES string of the molecule is CN1C(=O)CC(CCCCc2ccc3c(c2)C(NC(=O)c2ccc4c(c2)CCCO4)CC(C)(C)O3)N=C1N. The third-order valence-electron chi connectivity index (χ3n) is 7.70. The second kappa shape index (κ2) is 10.7. The lowest BCUT2D eigenvalue weighted by atomic mass is 9.88. The fourth-order valence-electron chi connectivity index (χ4n) is 5.59. The van der Waals surface area contributed by atoms with E-state index >= 15 is 0 Å². The van der Waals surface area contributed by atoms with Crippen molar-refractivity contribution in [3.63, 3.8) is 0 Å². The standard InChI is InChI=1S/C30H38N4O4/c1-30(2)18-24(33-28(36)21-11-13-25-20(16-21)8-6-14-37-25)23-15-19(10-12-26(23)38-30)7-4-5-9-22-17-27(35)34(3)29(31)32-22/h10-13,15-16,22,24H,4-9,14,17-18H2,1-3H3,(H2,31,32)(H,33,36). The topological polar surface area (TPSA) is 106 Å². The molecule has 0 saturated heterocycles. The Bertz CT molecular complexity index is 1250. The highest BCUT2D eigenvalue weighted by atomic mass is 16.5. The van der Waals surface area contributed by atoms with Gasteiger partial charge in [-0.15, -0.1) is 0 Å². The number of hydrogen-bond donors (Lipinski definition) is 2. The van der Waals surface area contributed by atoms with E-state index in [1.54, 1.807) is 7.05 Å². The minimum Gasteiger partial charge on any atom is -0.493 e. The molecule has 8 nitrogen and oxygen atoms in total. The number of fused-ring (bicyclic) bond motifs is 2. The van der Waals surface area contributed by atoms with Crippen molar-refractivity contribution >= 4 is 17.8 Å². The summed E-state index contributed by atoms with van der Waals surface area (Å²) in [5, 5.41) is 3.28. The Labute approximate surface area is 224 Å². The number of amides is 2. The van der Waals surface area contributed by atoms with E-state index in [0.29, 0.717) is 24.4 Å². The molecule has 3 N–H and O–H groups in total. The summed E-state index contributed by atoms with van der Waals surface area (Å²) in [6.07, 6.45) is 6.70. The Kier molecular flexibility index (Phi) is 7.32. The van der Waals surface area contributed by atoms with E-state index in [2.05, 4.69) is 36.3 Å². The number of benzene rings is 2. The quantitative estimate of drug-likeness (QED) is 0.532. The largest absolute Gasteiger partial charge is 0.493 e. The molecule has 2 aromatic carbocycles. The molecule has 2 aromatic rings. The molecule has 202 valence electrons. The number of nitrogens with one attached hydrogen (secondary N) is 1. The summed E-state index contributed by atoms with van der Waals surface area (Å²) >= 11 is 0. The predicted molar refractivity (Wildman–Crippen MR) is 147 cm³/mol. The zero-order chi connectivity index (χ0) is 26.9. The first-order chi connectivity index (χ1) is 18.2. The van der Waals surface area contributed by atoms with Gasteiger partial charge in [0.15, 0.2) is 5.96 Å². The first-order valence-corrected chi connectivity index (χ1v) is 13.7. The Balaban J connectivity index is 1.24. The van der Waals surface area contributed by atoms with Gasteiger partial charge in [-0.1, -0.05) is 18.6 Å². The zero-order valence-corrected chi connectivity index (χ0v) is 22.6. The highest BCUT2D eigenvalue weighted by Crippen LogP contribution is 2.40. The minimum atomic E-state index is -0.385. The summed E-state index contributed by atoms with van der Waals surface area (Å²) in [6.45, 7) is 4.85. The molecule has 2 unspecified atom stereocenters. The molecule has 2 amide bonds. The van der Waals surface area contributed by atoms with Crippen LogP contribution in [0.5, 0.6) is 11.5 Å². The molecule has 0 spiro atoms. The number of carbonyl (C=O) groups is 2. The van der Waals surface area contributed by atoms with Crippen molar-refractivity contribution in [2.75, 3.05) is 13.7 Å². The van der Waals surface area contributed by atoms with Crippen LogP contribution in [-0.2, 0) is 17.6 Å². The molecule has 3 aliphatic rings. The third kappa shape index (κ3) is 5.79. The van der Waals surface area contributed by atoms with Crippen LogP contribution in [0.2, 0.25) is 0 Å². The lowest BCUT2D eigenvalue weighted by Crippen LogP contribution is -2.44. The first kappa shape index (κ1) is 26.1. The molecule has 0 aliphatic carbocycles. The van der Waals surface area contributed by atoms with Crippen LogP contribution in [0.25, 0.3) is 0 Å². The highest BCUT2D eigenvalue weighted by molar-refractivity contribution is 5.98. The number of aliphatic imine (C=N–C) groups is 1. The van der Waals surface area contributed by atoms with Crippen molar-refractivity contribution < 1.29 is 19.1 Å². The molecule has 3 aliphatic heterocycles. The van der Waals surface area contributed by atoms with E-state index in [-0.39, 0.29) is 29.5 Å². The van der Waals surface area contributed by atoms with Gasteiger partial charge in [-0.05, 0) is 81.3 Å². The van der Waals surface area contributed by atoms with E-state index < -0.39 is 0 Å². The molecule has 3 heterocycles. The molecule has 2 atom stereocenters. The Morgan fingerprint density at radius 2 is 2.00 bits per heavy atom. The van der Waals surface area contributed by atoms with Crippen molar-refractivity contribution in [3.05, 3.63) is 58.7 Å². The second-order valence-corrected chi connectivity index (χ2v) is 11.3. The van der Waals surface area contributed by atoms with Gasteiger partial charge < -0.3 is 20.5 Å². The van der Waals surface area contributed by atoms with Gasteiger partial charge in [0.1, 0.15) is 17.1 Å². The van der Waals surface area contributed by atoms with Gasteiger partial charge in [0.05, 0.1) is 18.7 Å². The van der Waals surface area contributed by atoms with Gasteiger partial charge in [-0.25, -0.2) is 4.99 Å². The first-order valence-electron chi connectivity index (χ1n) is 13.7. The van der Waals surface area contributed by atoms with Gasteiger partial charge in [-0.2, -0.15) is 0 Å². The van der Waals surface area contributed by atoms with Crippen LogP contribution in [0.1, 0.15) is 85.5 Å². The van der Waals surface area contributed by atoms with Gasteiger partial charge in [0, 0.05) is 31.0 Å². The van der Waals surface area contributed by atoms with Gasteiger partial charge in [-0.3, -0.25) is 14.5 Å². The smallest absolute Gasteiger partial charge is 0.251 e.